The zero-order valence-electron chi connectivity index (χ0n) is 15.8. The molecule has 0 saturated carbocycles. The predicted molar refractivity (Wildman–Crippen MR) is 109 cm³/mol. The Kier molecular flexibility index (Phi) is 7.13. The van der Waals surface area contributed by atoms with E-state index in [1.807, 2.05) is 53.4 Å². The van der Waals surface area contributed by atoms with Gasteiger partial charge in [-0.15, -0.1) is 0 Å². The number of amides is 1. The first-order chi connectivity index (χ1) is 13.2. The minimum absolute atomic E-state index is 0.0478. The van der Waals surface area contributed by atoms with E-state index in [9.17, 15) is 4.79 Å². The second kappa shape index (κ2) is 9.77. The van der Waals surface area contributed by atoms with Crippen LogP contribution in [-0.4, -0.2) is 37.0 Å². The van der Waals surface area contributed by atoms with Crippen molar-refractivity contribution >= 4 is 17.5 Å². The number of halogens is 1. The lowest BCUT2D eigenvalue weighted by Crippen LogP contribution is -2.40. The number of hydrogen-bond acceptors (Lipinski definition) is 3. The van der Waals surface area contributed by atoms with Crippen molar-refractivity contribution in [1.29, 1.82) is 0 Å². The van der Waals surface area contributed by atoms with Crippen LogP contribution in [0.25, 0.3) is 0 Å². The summed E-state index contributed by atoms with van der Waals surface area (Å²) in [4.78, 5) is 15.0. The third-order valence-corrected chi connectivity index (χ3v) is 5.41. The van der Waals surface area contributed by atoms with Gasteiger partial charge in [0.25, 0.3) is 5.91 Å². The first-order valence-electron chi connectivity index (χ1n) is 9.64. The van der Waals surface area contributed by atoms with Gasteiger partial charge >= 0.3 is 0 Å². The molecule has 0 radical (unpaired) electrons. The van der Waals surface area contributed by atoms with Crippen LogP contribution >= 0.6 is 11.6 Å². The van der Waals surface area contributed by atoms with Crippen LogP contribution in [0.3, 0.4) is 0 Å². The fourth-order valence-electron chi connectivity index (χ4n) is 3.40. The molecule has 0 aliphatic carbocycles. The molecule has 1 N–H and O–H groups in total. The van der Waals surface area contributed by atoms with Gasteiger partial charge in [0, 0.05) is 23.7 Å². The van der Waals surface area contributed by atoms with E-state index in [4.69, 9.17) is 16.3 Å². The molecule has 5 heteroatoms. The molecule has 4 nitrogen and oxygen atoms in total. The van der Waals surface area contributed by atoms with Gasteiger partial charge in [-0.3, -0.25) is 4.79 Å². The minimum Gasteiger partial charge on any atom is -0.488 e. The maximum atomic E-state index is 13.0. The van der Waals surface area contributed by atoms with Crippen LogP contribution in [0.4, 0.5) is 0 Å². The second-order valence-corrected chi connectivity index (χ2v) is 7.33. The summed E-state index contributed by atoms with van der Waals surface area (Å²) in [5, 5.41) is 4.08. The van der Waals surface area contributed by atoms with Crippen molar-refractivity contribution in [3.63, 3.8) is 0 Å². The van der Waals surface area contributed by atoms with Crippen LogP contribution in [0, 0.1) is 5.92 Å². The van der Waals surface area contributed by atoms with Crippen LogP contribution in [0.2, 0.25) is 5.02 Å². The van der Waals surface area contributed by atoms with Crippen LogP contribution in [0.5, 0.6) is 5.75 Å². The number of para-hydroxylation sites is 1. The summed E-state index contributed by atoms with van der Waals surface area (Å²) in [5.41, 5.74) is 1.53. The van der Waals surface area contributed by atoms with E-state index in [1.54, 1.807) is 0 Å². The standard InChI is InChI=1S/C22H27ClN2O2/c1-2-24-15-17-11-13-25(14-12-17)22(26)19-8-4-6-10-21(19)27-16-18-7-3-5-9-20(18)23/h3-10,17,24H,2,11-16H2,1H3. The second-order valence-electron chi connectivity index (χ2n) is 6.92. The third kappa shape index (κ3) is 5.24. The molecule has 0 atom stereocenters. The topological polar surface area (TPSA) is 41.6 Å². The van der Waals surface area contributed by atoms with E-state index < -0.39 is 0 Å². The Balaban J connectivity index is 1.63. The quantitative estimate of drug-likeness (QED) is 0.767. The maximum absolute atomic E-state index is 13.0. The smallest absolute Gasteiger partial charge is 0.257 e. The molecule has 0 unspecified atom stereocenters. The highest BCUT2D eigenvalue weighted by Gasteiger charge is 2.25. The minimum atomic E-state index is 0.0478. The highest BCUT2D eigenvalue weighted by Crippen LogP contribution is 2.25. The molecule has 0 bridgehead atoms. The van der Waals surface area contributed by atoms with Gasteiger partial charge < -0.3 is 15.0 Å². The van der Waals surface area contributed by atoms with E-state index in [-0.39, 0.29) is 5.91 Å². The van der Waals surface area contributed by atoms with E-state index in [1.165, 1.54) is 0 Å². The van der Waals surface area contributed by atoms with Gasteiger partial charge in [-0.25, -0.2) is 0 Å². The highest BCUT2D eigenvalue weighted by atomic mass is 35.5. The normalized spacial score (nSPS) is 15.0. The Labute approximate surface area is 166 Å². The Morgan fingerprint density at radius 3 is 2.59 bits per heavy atom. The Morgan fingerprint density at radius 2 is 1.85 bits per heavy atom. The number of carbonyl (C=O) groups excluding carboxylic acids is 1. The van der Waals surface area contributed by atoms with E-state index in [0.717, 1.165) is 44.6 Å². The van der Waals surface area contributed by atoms with Crippen LogP contribution in [-0.2, 0) is 6.61 Å². The Morgan fingerprint density at radius 1 is 1.15 bits per heavy atom. The van der Waals surface area contributed by atoms with Crippen molar-refractivity contribution in [1.82, 2.24) is 10.2 Å². The molecule has 1 amide bonds. The number of nitrogens with zero attached hydrogens (tertiary/aromatic N) is 1. The summed E-state index contributed by atoms with van der Waals surface area (Å²) >= 11 is 6.20. The van der Waals surface area contributed by atoms with Gasteiger partial charge in [-0.05, 0) is 50.0 Å². The van der Waals surface area contributed by atoms with Crippen molar-refractivity contribution in [3.05, 3.63) is 64.7 Å². The largest absolute Gasteiger partial charge is 0.488 e. The fraction of sp³-hybridized carbons (Fsp3) is 0.409. The summed E-state index contributed by atoms with van der Waals surface area (Å²) in [5.74, 6) is 1.31. The molecule has 2 aromatic rings. The average molecular weight is 387 g/mol. The number of hydrogen-bond donors (Lipinski definition) is 1. The molecule has 1 aliphatic rings. The number of nitrogens with one attached hydrogen (secondary N) is 1. The van der Waals surface area contributed by atoms with Gasteiger partial charge in [0.15, 0.2) is 0 Å². The monoisotopic (exact) mass is 386 g/mol. The average Bonchev–Trinajstić information content (AvgIpc) is 2.72. The van der Waals surface area contributed by atoms with Crippen LogP contribution < -0.4 is 10.1 Å². The van der Waals surface area contributed by atoms with E-state index in [0.29, 0.717) is 28.9 Å². The Hall–Kier alpha value is -2.04. The number of rotatable bonds is 7. The van der Waals surface area contributed by atoms with Crippen molar-refractivity contribution in [2.75, 3.05) is 26.2 Å². The predicted octanol–water partition coefficient (Wildman–Crippen LogP) is 4.38. The van der Waals surface area contributed by atoms with E-state index in [2.05, 4.69) is 12.2 Å². The fourth-order valence-corrected chi connectivity index (χ4v) is 3.59. The Bertz CT molecular complexity index is 757. The number of likely N-dealkylation sites (tertiary alicyclic amines) is 1. The number of benzene rings is 2. The molecule has 0 spiro atoms. The van der Waals surface area contributed by atoms with Crippen LogP contribution in [0.1, 0.15) is 35.7 Å². The molecular formula is C22H27ClN2O2. The molecular weight excluding hydrogens is 360 g/mol. The first kappa shape index (κ1) is 19.7. The number of piperidine rings is 1. The molecule has 2 aromatic carbocycles. The van der Waals surface area contributed by atoms with Crippen molar-refractivity contribution in [2.45, 2.75) is 26.4 Å². The summed E-state index contributed by atoms with van der Waals surface area (Å²) in [6, 6.07) is 15.1. The number of carbonyl (C=O) groups is 1. The van der Waals surface area contributed by atoms with Crippen molar-refractivity contribution < 1.29 is 9.53 Å². The molecule has 1 fully saturated rings. The summed E-state index contributed by atoms with van der Waals surface area (Å²) < 4.78 is 5.95. The molecule has 1 aliphatic heterocycles. The lowest BCUT2D eigenvalue weighted by atomic mass is 9.96. The summed E-state index contributed by atoms with van der Waals surface area (Å²) in [6.45, 7) is 6.10. The molecule has 144 valence electrons. The van der Waals surface area contributed by atoms with Gasteiger partial charge in [-0.1, -0.05) is 48.9 Å². The first-order valence-corrected chi connectivity index (χ1v) is 10.0. The van der Waals surface area contributed by atoms with Crippen LogP contribution in [0.15, 0.2) is 48.5 Å². The third-order valence-electron chi connectivity index (χ3n) is 5.04. The van der Waals surface area contributed by atoms with Crippen molar-refractivity contribution in [3.8, 4) is 5.75 Å². The molecule has 3 rings (SSSR count). The maximum Gasteiger partial charge on any atom is 0.257 e. The zero-order valence-corrected chi connectivity index (χ0v) is 16.5. The summed E-state index contributed by atoms with van der Waals surface area (Å²) in [6.07, 6.45) is 2.09. The number of ether oxygens (including phenoxy) is 1. The lowest BCUT2D eigenvalue weighted by molar-refractivity contribution is 0.0685. The highest BCUT2D eigenvalue weighted by molar-refractivity contribution is 6.31. The van der Waals surface area contributed by atoms with Gasteiger partial charge in [0.2, 0.25) is 0 Å². The zero-order chi connectivity index (χ0) is 19.1. The molecule has 1 heterocycles. The lowest BCUT2D eigenvalue weighted by Gasteiger charge is -2.32. The van der Waals surface area contributed by atoms with Gasteiger partial charge in [0.05, 0.1) is 5.56 Å². The molecule has 0 aromatic heterocycles. The molecule has 27 heavy (non-hydrogen) atoms. The van der Waals surface area contributed by atoms with Gasteiger partial charge in [0.1, 0.15) is 12.4 Å². The SMILES string of the molecule is CCNCC1CCN(C(=O)c2ccccc2OCc2ccccc2Cl)CC1. The van der Waals surface area contributed by atoms with Crippen molar-refractivity contribution in [2.24, 2.45) is 5.92 Å². The van der Waals surface area contributed by atoms with E-state index >= 15 is 0 Å². The summed E-state index contributed by atoms with van der Waals surface area (Å²) in [7, 11) is 0. The molecule has 1 saturated heterocycles. The van der Waals surface area contributed by atoms with Gasteiger partial charge in [-0.2, -0.15) is 0 Å².